The molecular formula is C9H19NO5. The molecule has 0 radical (unpaired) electrons. The Labute approximate surface area is 89.3 Å². The monoisotopic (exact) mass is 221 g/mol. The van der Waals surface area contributed by atoms with Gasteiger partial charge in [-0.2, -0.15) is 0 Å². The van der Waals surface area contributed by atoms with Crippen molar-refractivity contribution in [2.75, 3.05) is 13.2 Å². The van der Waals surface area contributed by atoms with Crippen LogP contribution in [0.1, 0.15) is 39.0 Å². The molecule has 0 bridgehead atoms. The molecule has 0 aliphatic rings. The standard InChI is InChI=1S/C9H19NO5/c1-2-3-4-6-9(11)14-7-5-8-15-10(12)13/h12-13H,2-8H2,1H3. The van der Waals surface area contributed by atoms with Gasteiger partial charge < -0.3 is 4.74 Å². The second kappa shape index (κ2) is 9.85. The minimum atomic E-state index is -0.358. The van der Waals surface area contributed by atoms with Gasteiger partial charge in [0.15, 0.2) is 0 Å². The minimum absolute atomic E-state index is 0.0925. The summed E-state index contributed by atoms with van der Waals surface area (Å²) in [5, 5.41) is 16.0. The number of esters is 1. The number of nitrogens with zero attached hydrogens (tertiary/aromatic N) is 1. The normalized spacial score (nSPS) is 10.7. The Morgan fingerprint density at radius 3 is 2.53 bits per heavy atom. The Kier molecular flexibility index (Phi) is 9.40. The number of hydrogen-bond acceptors (Lipinski definition) is 6. The van der Waals surface area contributed by atoms with E-state index >= 15 is 0 Å². The summed E-state index contributed by atoms with van der Waals surface area (Å²) in [6.07, 6.45) is 3.83. The molecule has 2 N–H and O–H groups in total. The molecular weight excluding hydrogens is 202 g/mol. The van der Waals surface area contributed by atoms with Crippen LogP contribution in [0.3, 0.4) is 0 Å². The van der Waals surface area contributed by atoms with E-state index in [2.05, 4.69) is 11.8 Å². The van der Waals surface area contributed by atoms with Crippen LogP contribution in [0.25, 0.3) is 0 Å². The fraction of sp³-hybridized carbons (Fsp3) is 0.889. The Morgan fingerprint density at radius 2 is 1.93 bits per heavy atom. The molecule has 0 aromatic rings. The van der Waals surface area contributed by atoms with E-state index in [-0.39, 0.29) is 24.6 Å². The Bertz CT molecular complexity index is 163. The van der Waals surface area contributed by atoms with Crippen molar-refractivity contribution < 1.29 is 24.8 Å². The smallest absolute Gasteiger partial charge is 0.305 e. The average Bonchev–Trinajstić information content (AvgIpc) is 2.17. The molecule has 6 heteroatoms. The van der Waals surface area contributed by atoms with Gasteiger partial charge in [-0.3, -0.25) is 20.0 Å². The van der Waals surface area contributed by atoms with Crippen LogP contribution in [0.15, 0.2) is 0 Å². The van der Waals surface area contributed by atoms with Gasteiger partial charge in [0.25, 0.3) is 0 Å². The summed E-state index contributed by atoms with van der Waals surface area (Å²) in [6.45, 7) is 2.40. The zero-order chi connectivity index (χ0) is 11.5. The average molecular weight is 221 g/mol. The third-order valence-corrected chi connectivity index (χ3v) is 1.74. The Morgan fingerprint density at radius 1 is 1.20 bits per heavy atom. The molecule has 0 heterocycles. The summed E-state index contributed by atoms with van der Waals surface area (Å²) in [6, 6.07) is 0. The molecule has 0 rings (SSSR count). The molecule has 0 unspecified atom stereocenters. The lowest BCUT2D eigenvalue weighted by atomic mass is 10.2. The number of ether oxygens (including phenoxy) is 1. The highest BCUT2D eigenvalue weighted by Gasteiger charge is 2.02. The maximum Gasteiger partial charge on any atom is 0.305 e. The van der Waals surface area contributed by atoms with Gasteiger partial charge in [-0.15, -0.1) is 0 Å². The zero-order valence-corrected chi connectivity index (χ0v) is 9.02. The number of hydrogen-bond donors (Lipinski definition) is 2. The first-order valence-corrected chi connectivity index (χ1v) is 5.13. The van der Waals surface area contributed by atoms with Crippen molar-refractivity contribution in [1.29, 1.82) is 0 Å². The van der Waals surface area contributed by atoms with Crippen LogP contribution in [0.5, 0.6) is 0 Å². The molecule has 15 heavy (non-hydrogen) atoms. The highest BCUT2D eigenvalue weighted by molar-refractivity contribution is 5.69. The van der Waals surface area contributed by atoms with E-state index < -0.39 is 0 Å². The first-order valence-electron chi connectivity index (χ1n) is 5.13. The molecule has 0 aliphatic carbocycles. The zero-order valence-electron chi connectivity index (χ0n) is 9.02. The molecule has 90 valence electrons. The molecule has 0 aromatic carbocycles. The van der Waals surface area contributed by atoms with Crippen LogP contribution in [-0.4, -0.2) is 35.0 Å². The third kappa shape index (κ3) is 11.2. The van der Waals surface area contributed by atoms with Crippen LogP contribution < -0.4 is 0 Å². The fourth-order valence-electron chi connectivity index (χ4n) is 0.983. The van der Waals surface area contributed by atoms with Crippen molar-refractivity contribution in [3.8, 4) is 0 Å². The highest BCUT2D eigenvalue weighted by atomic mass is 17.1. The molecule has 6 nitrogen and oxygen atoms in total. The summed E-state index contributed by atoms with van der Waals surface area (Å²) in [4.78, 5) is 15.3. The van der Waals surface area contributed by atoms with E-state index in [4.69, 9.17) is 15.2 Å². The third-order valence-electron chi connectivity index (χ3n) is 1.74. The molecule has 0 spiro atoms. The molecule has 0 saturated heterocycles. The predicted octanol–water partition coefficient (Wildman–Crippen LogP) is 1.51. The molecule has 0 aliphatic heterocycles. The van der Waals surface area contributed by atoms with Crippen molar-refractivity contribution >= 4 is 5.97 Å². The number of rotatable bonds is 9. The lowest BCUT2D eigenvalue weighted by Crippen LogP contribution is -2.16. The Hall–Kier alpha value is -0.690. The summed E-state index contributed by atoms with van der Waals surface area (Å²) in [5.74, 6) is -0.215. The van der Waals surface area contributed by atoms with Crippen LogP contribution in [0, 0.1) is 0 Å². The fourth-order valence-corrected chi connectivity index (χ4v) is 0.983. The summed E-state index contributed by atoms with van der Waals surface area (Å²) >= 11 is 0. The van der Waals surface area contributed by atoms with Crippen LogP contribution in [0.2, 0.25) is 0 Å². The lowest BCUT2D eigenvalue weighted by Gasteiger charge is -2.06. The second-order valence-electron chi connectivity index (χ2n) is 3.12. The van der Waals surface area contributed by atoms with E-state index in [1.165, 1.54) is 0 Å². The largest absolute Gasteiger partial charge is 0.466 e. The quantitative estimate of drug-likeness (QED) is 0.349. The minimum Gasteiger partial charge on any atom is -0.466 e. The molecule has 0 amide bonds. The topological polar surface area (TPSA) is 79.2 Å². The van der Waals surface area contributed by atoms with E-state index in [0.717, 1.165) is 19.3 Å². The van der Waals surface area contributed by atoms with Crippen LogP contribution >= 0.6 is 0 Å². The van der Waals surface area contributed by atoms with Gasteiger partial charge >= 0.3 is 5.97 Å². The molecule has 0 fully saturated rings. The number of carbonyl (C=O) groups excluding carboxylic acids is 1. The number of carbonyl (C=O) groups is 1. The maximum absolute atomic E-state index is 11.0. The van der Waals surface area contributed by atoms with E-state index in [9.17, 15) is 4.79 Å². The van der Waals surface area contributed by atoms with E-state index in [1.54, 1.807) is 0 Å². The number of unbranched alkanes of at least 4 members (excludes halogenated alkanes) is 2. The highest BCUT2D eigenvalue weighted by Crippen LogP contribution is 2.00. The Balaban J connectivity index is 3.17. The van der Waals surface area contributed by atoms with Crippen molar-refractivity contribution in [2.24, 2.45) is 0 Å². The van der Waals surface area contributed by atoms with Gasteiger partial charge in [-0.1, -0.05) is 19.8 Å². The maximum atomic E-state index is 11.0. The summed E-state index contributed by atoms with van der Waals surface area (Å²) in [5.41, 5.74) is 0. The first kappa shape index (κ1) is 14.3. The van der Waals surface area contributed by atoms with Gasteiger partial charge in [0.2, 0.25) is 0 Å². The van der Waals surface area contributed by atoms with Gasteiger partial charge in [0, 0.05) is 12.8 Å². The van der Waals surface area contributed by atoms with Crippen molar-refractivity contribution in [1.82, 2.24) is 5.39 Å². The second-order valence-corrected chi connectivity index (χ2v) is 3.12. The van der Waals surface area contributed by atoms with Gasteiger partial charge in [0.1, 0.15) is 0 Å². The van der Waals surface area contributed by atoms with Crippen LogP contribution in [-0.2, 0) is 14.4 Å². The van der Waals surface area contributed by atoms with Crippen molar-refractivity contribution in [3.63, 3.8) is 0 Å². The van der Waals surface area contributed by atoms with Crippen LogP contribution in [0.4, 0.5) is 0 Å². The van der Waals surface area contributed by atoms with Gasteiger partial charge in [0.05, 0.1) is 18.6 Å². The molecule has 0 aromatic heterocycles. The molecule has 0 saturated carbocycles. The summed E-state index contributed by atoms with van der Waals surface area (Å²) in [7, 11) is 0. The van der Waals surface area contributed by atoms with E-state index in [0.29, 0.717) is 12.8 Å². The lowest BCUT2D eigenvalue weighted by molar-refractivity contribution is -0.492. The van der Waals surface area contributed by atoms with Crippen molar-refractivity contribution in [2.45, 2.75) is 39.0 Å². The van der Waals surface area contributed by atoms with E-state index in [1.807, 2.05) is 0 Å². The molecule has 0 atom stereocenters. The van der Waals surface area contributed by atoms with Gasteiger partial charge in [-0.25, -0.2) is 0 Å². The SMILES string of the molecule is CCCCCC(=O)OCCCON(O)O. The van der Waals surface area contributed by atoms with Crippen molar-refractivity contribution in [3.05, 3.63) is 0 Å². The first-order chi connectivity index (χ1) is 7.16. The van der Waals surface area contributed by atoms with Gasteiger partial charge in [-0.05, 0) is 6.42 Å². The summed E-state index contributed by atoms with van der Waals surface area (Å²) < 4.78 is 4.87. The predicted molar refractivity (Wildman–Crippen MR) is 51.1 cm³/mol.